The second kappa shape index (κ2) is 9.04. The third kappa shape index (κ3) is 4.12. The Bertz CT molecular complexity index is 1490. The van der Waals surface area contributed by atoms with Crippen molar-refractivity contribution in [2.75, 3.05) is 0 Å². The summed E-state index contributed by atoms with van der Waals surface area (Å²) in [6.45, 7) is 3.48. The number of H-pyrrole nitrogens is 1. The van der Waals surface area contributed by atoms with Gasteiger partial charge in [0.05, 0.1) is 5.52 Å². The minimum atomic E-state index is -1.22. The fraction of sp³-hybridized carbons (Fsp3) is 0.280. The lowest BCUT2D eigenvalue weighted by Gasteiger charge is -2.44. The molecule has 5 rings (SSSR count). The molecule has 0 saturated carbocycles. The molecule has 2 aliphatic rings. The molecule has 12 heteroatoms. The number of amides is 3. The van der Waals surface area contributed by atoms with Crippen molar-refractivity contribution in [3.05, 3.63) is 76.2 Å². The van der Waals surface area contributed by atoms with Crippen molar-refractivity contribution in [3.8, 4) is 0 Å². The van der Waals surface area contributed by atoms with Crippen molar-refractivity contribution in [1.82, 2.24) is 25.5 Å². The van der Waals surface area contributed by atoms with Crippen LogP contribution in [-0.2, 0) is 14.4 Å². The van der Waals surface area contributed by atoms with E-state index in [2.05, 4.69) is 20.6 Å². The number of carboxylic acids is 1. The Labute approximate surface area is 214 Å². The minimum absolute atomic E-state index is 0.0878. The Morgan fingerprint density at radius 3 is 2.57 bits per heavy atom. The number of benzene rings is 1. The second-order valence-corrected chi connectivity index (χ2v) is 11.1. The lowest BCUT2D eigenvalue weighted by Crippen LogP contribution is -2.71. The Hall–Kier alpha value is -4.19. The first-order valence-corrected chi connectivity index (χ1v) is 12.3. The van der Waals surface area contributed by atoms with Crippen LogP contribution < -0.4 is 16.1 Å². The van der Waals surface area contributed by atoms with E-state index in [1.807, 2.05) is 0 Å². The number of nitrogens with zero attached hydrogens (tertiary/aromatic N) is 2. The number of nitrogens with one attached hydrogen (secondary N) is 3. The summed E-state index contributed by atoms with van der Waals surface area (Å²) in [6, 6.07) is 8.54. The van der Waals surface area contributed by atoms with Crippen molar-refractivity contribution in [2.24, 2.45) is 0 Å². The first kappa shape index (κ1) is 24.5. The summed E-state index contributed by atoms with van der Waals surface area (Å²) in [5.74, 6) is -3.06. The third-order valence-electron chi connectivity index (χ3n) is 6.53. The number of hydrogen-bond acceptors (Lipinski definition) is 7. The van der Waals surface area contributed by atoms with E-state index in [4.69, 9.17) is 0 Å². The number of aromatic nitrogens is 2. The number of aromatic amines is 1. The fourth-order valence-corrected chi connectivity index (χ4v) is 6.38. The molecule has 4 atom stereocenters. The zero-order valence-corrected chi connectivity index (χ0v) is 20.6. The molecule has 0 unspecified atom stereocenters. The molecule has 0 aliphatic carbocycles. The highest BCUT2D eigenvalue weighted by Crippen LogP contribution is 2.50. The molecule has 11 nitrogen and oxygen atoms in total. The van der Waals surface area contributed by atoms with E-state index in [1.54, 1.807) is 56.3 Å². The van der Waals surface area contributed by atoms with Gasteiger partial charge in [-0.25, -0.2) is 4.79 Å². The summed E-state index contributed by atoms with van der Waals surface area (Å²) in [6.07, 6.45) is 2.70. The van der Waals surface area contributed by atoms with Gasteiger partial charge in [-0.1, -0.05) is 30.3 Å². The number of fused-ring (bicyclic) bond motifs is 2. The minimum Gasteiger partial charge on any atom is -0.480 e. The quantitative estimate of drug-likeness (QED) is 0.350. The molecule has 0 spiro atoms. The molecule has 37 heavy (non-hydrogen) atoms. The fourth-order valence-electron chi connectivity index (χ4n) is 4.75. The monoisotopic (exact) mass is 521 g/mol. The first-order valence-electron chi connectivity index (χ1n) is 11.5. The predicted octanol–water partition coefficient (Wildman–Crippen LogP) is 1.03. The number of β-lactam (4-membered cyclic amide) rings is 1. The molecule has 2 saturated heterocycles. The van der Waals surface area contributed by atoms with Crippen LogP contribution in [0.2, 0.25) is 0 Å². The van der Waals surface area contributed by atoms with Crippen LogP contribution in [-0.4, -0.2) is 65.9 Å². The number of hydrogen-bond donors (Lipinski definition) is 4. The third-order valence-corrected chi connectivity index (χ3v) is 8.10. The van der Waals surface area contributed by atoms with Crippen LogP contribution in [0.4, 0.5) is 0 Å². The summed E-state index contributed by atoms with van der Waals surface area (Å²) in [7, 11) is 0. The molecule has 4 N–H and O–H groups in total. The molecule has 0 radical (unpaired) electrons. The maximum absolute atomic E-state index is 13.4. The highest BCUT2D eigenvalue weighted by Gasteiger charge is 2.64. The zero-order chi connectivity index (χ0) is 26.5. The van der Waals surface area contributed by atoms with E-state index in [0.717, 1.165) is 0 Å². The normalized spacial score (nSPS) is 22.6. The zero-order valence-electron chi connectivity index (χ0n) is 19.8. The summed E-state index contributed by atoms with van der Waals surface area (Å²) >= 11 is 1.30. The molecular weight excluding hydrogens is 498 g/mol. The van der Waals surface area contributed by atoms with Gasteiger partial charge < -0.3 is 25.6 Å². The van der Waals surface area contributed by atoms with Crippen LogP contribution >= 0.6 is 11.8 Å². The smallest absolute Gasteiger partial charge is 0.327 e. The maximum Gasteiger partial charge on any atom is 0.327 e. The lowest BCUT2D eigenvalue weighted by molar-refractivity contribution is -0.161. The van der Waals surface area contributed by atoms with E-state index in [-0.39, 0.29) is 11.1 Å². The van der Waals surface area contributed by atoms with Gasteiger partial charge in [0, 0.05) is 17.1 Å². The average Bonchev–Trinajstić information content (AvgIpc) is 3.14. The number of pyridine rings is 2. The van der Waals surface area contributed by atoms with E-state index < -0.39 is 57.4 Å². The van der Waals surface area contributed by atoms with E-state index >= 15 is 0 Å². The van der Waals surface area contributed by atoms with Crippen LogP contribution in [0.5, 0.6) is 0 Å². The van der Waals surface area contributed by atoms with Crippen LogP contribution in [0.15, 0.2) is 59.7 Å². The van der Waals surface area contributed by atoms with Gasteiger partial charge in [0.1, 0.15) is 34.6 Å². The Morgan fingerprint density at radius 2 is 1.86 bits per heavy atom. The highest BCUT2D eigenvalue weighted by atomic mass is 32.2. The number of aliphatic carboxylic acids is 1. The molecule has 3 amide bonds. The first-order chi connectivity index (χ1) is 17.6. The van der Waals surface area contributed by atoms with E-state index in [9.17, 15) is 29.1 Å². The Morgan fingerprint density at radius 1 is 1.14 bits per heavy atom. The Kier molecular flexibility index (Phi) is 5.98. The number of carbonyl (C=O) groups excluding carboxylic acids is 3. The largest absolute Gasteiger partial charge is 0.480 e. The predicted molar refractivity (Wildman–Crippen MR) is 135 cm³/mol. The maximum atomic E-state index is 13.4. The molecule has 1 aromatic carbocycles. The van der Waals surface area contributed by atoms with Crippen molar-refractivity contribution in [1.29, 1.82) is 0 Å². The summed E-state index contributed by atoms with van der Waals surface area (Å²) in [4.78, 5) is 72.2. The van der Waals surface area contributed by atoms with Gasteiger partial charge in [-0.3, -0.25) is 24.2 Å². The van der Waals surface area contributed by atoms with Gasteiger partial charge in [-0.15, -0.1) is 11.8 Å². The molecule has 2 aliphatic heterocycles. The SMILES string of the molecule is CC1(C)S[C@H]2[C@@H](NC(=O)[C@H](NC(=O)c3c[nH]c4cccnc4c3=O)c3ccccc3)C(=O)N2[C@@H]1C(=O)O. The van der Waals surface area contributed by atoms with Crippen LogP contribution in [0.1, 0.15) is 35.8 Å². The van der Waals surface area contributed by atoms with Crippen molar-refractivity contribution >= 4 is 46.5 Å². The van der Waals surface area contributed by atoms with Crippen LogP contribution in [0.3, 0.4) is 0 Å². The molecular formula is C25H23N5O6S. The molecule has 2 fully saturated rings. The molecule has 3 aromatic rings. The summed E-state index contributed by atoms with van der Waals surface area (Å²) in [5, 5.41) is 14.3. The molecule has 0 bridgehead atoms. The van der Waals surface area contributed by atoms with Gasteiger partial charge in [0.15, 0.2) is 0 Å². The van der Waals surface area contributed by atoms with Gasteiger partial charge in [-0.05, 0) is 31.5 Å². The second-order valence-electron chi connectivity index (χ2n) is 9.33. The van der Waals surface area contributed by atoms with Crippen LogP contribution in [0, 0.1) is 0 Å². The standard InChI is InChI=1S/C25H23N5O6S/c1-25(2)19(24(35)36)30-22(34)17(23(30)37-25)29-21(33)15(12-7-4-3-5-8-12)28-20(32)13-11-27-14-9-6-10-26-16(14)18(13)31/h3-11,15,17,19,23H,1-2H3,(H,27,31)(H,28,32)(H,29,33)(H,35,36)/t15-,17+,19-,23+/m1/s1. The van der Waals surface area contributed by atoms with Crippen molar-refractivity contribution in [3.63, 3.8) is 0 Å². The van der Waals surface area contributed by atoms with Crippen LogP contribution in [0.25, 0.3) is 11.0 Å². The average molecular weight is 522 g/mol. The Balaban J connectivity index is 1.40. The number of carbonyl (C=O) groups is 4. The van der Waals surface area contributed by atoms with Gasteiger partial charge in [-0.2, -0.15) is 0 Å². The highest BCUT2D eigenvalue weighted by molar-refractivity contribution is 8.01. The van der Waals surface area contributed by atoms with Gasteiger partial charge in [0.25, 0.3) is 5.91 Å². The molecule has 2 aromatic heterocycles. The summed E-state index contributed by atoms with van der Waals surface area (Å²) in [5.41, 5.74) is 0.183. The molecule has 4 heterocycles. The number of carboxylic acid groups (broad SMARTS) is 1. The summed E-state index contributed by atoms with van der Waals surface area (Å²) < 4.78 is -0.746. The van der Waals surface area contributed by atoms with E-state index in [1.165, 1.54) is 29.1 Å². The van der Waals surface area contributed by atoms with Gasteiger partial charge >= 0.3 is 5.97 Å². The van der Waals surface area contributed by atoms with Gasteiger partial charge in [0.2, 0.25) is 17.2 Å². The number of thioether (sulfide) groups is 1. The lowest BCUT2D eigenvalue weighted by atomic mass is 9.95. The topological polar surface area (TPSA) is 162 Å². The van der Waals surface area contributed by atoms with Crippen molar-refractivity contribution < 1.29 is 24.3 Å². The number of rotatable bonds is 6. The molecule has 190 valence electrons. The van der Waals surface area contributed by atoms with E-state index in [0.29, 0.717) is 11.1 Å². The van der Waals surface area contributed by atoms with Crippen molar-refractivity contribution in [2.45, 2.75) is 42.1 Å².